The van der Waals surface area contributed by atoms with Gasteiger partial charge in [-0.15, -0.1) is 0 Å². The van der Waals surface area contributed by atoms with Crippen molar-refractivity contribution in [2.24, 2.45) is 7.05 Å². The van der Waals surface area contributed by atoms with Gasteiger partial charge in [-0.3, -0.25) is 14.4 Å². The molecule has 2 aromatic rings. The number of carbonyl (C=O) groups is 3. The van der Waals surface area contributed by atoms with Crippen LogP contribution < -0.4 is 10.6 Å². The molecule has 36 heavy (non-hydrogen) atoms. The van der Waals surface area contributed by atoms with Crippen LogP contribution in [0.3, 0.4) is 0 Å². The molecule has 1 aromatic heterocycles. The van der Waals surface area contributed by atoms with E-state index < -0.39 is 17.6 Å². The molecular weight excluding hydrogens is 459 g/mol. The van der Waals surface area contributed by atoms with Crippen molar-refractivity contribution >= 4 is 23.3 Å². The summed E-state index contributed by atoms with van der Waals surface area (Å²) in [6.07, 6.45) is 7.67. The number of Topliss-reactive ketones (excluding diaryl/α,β-unsaturated/α-hetero) is 1. The van der Waals surface area contributed by atoms with Crippen LogP contribution in [0.1, 0.15) is 82.6 Å². The SMILES string of the molecule is Cc1cc(NC(=O)c2c(C)c(C(=O)C(=O)NC3CCC(N4CCCCC4)CC3)n(C)c2C)ccc1F. The van der Waals surface area contributed by atoms with Crippen LogP contribution in [-0.2, 0) is 11.8 Å². The molecule has 0 spiro atoms. The van der Waals surface area contributed by atoms with Gasteiger partial charge in [0, 0.05) is 30.5 Å². The molecule has 0 unspecified atom stereocenters. The number of nitrogens with zero attached hydrogens (tertiary/aromatic N) is 2. The first kappa shape index (κ1) is 26.1. The number of hydrogen-bond donors (Lipinski definition) is 2. The van der Waals surface area contributed by atoms with Crippen LogP contribution in [-0.4, -0.2) is 52.2 Å². The third-order valence-electron chi connectivity index (χ3n) is 7.93. The fourth-order valence-corrected chi connectivity index (χ4v) is 5.78. The number of benzene rings is 1. The lowest BCUT2D eigenvalue weighted by atomic mass is 9.89. The minimum Gasteiger partial charge on any atom is -0.346 e. The summed E-state index contributed by atoms with van der Waals surface area (Å²) < 4.78 is 15.2. The second-order valence-electron chi connectivity index (χ2n) is 10.3. The van der Waals surface area contributed by atoms with E-state index in [1.807, 2.05) is 0 Å². The number of aryl methyl sites for hydroxylation is 1. The maximum atomic E-state index is 13.6. The molecule has 1 aliphatic heterocycles. The number of halogens is 1. The smallest absolute Gasteiger partial charge is 0.294 e. The predicted octanol–water partition coefficient (Wildman–Crippen LogP) is 4.44. The molecule has 2 aliphatic rings. The van der Waals surface area contributed by atoms with E-state index in [9.17, 15) is 18.8 Å². The number of carbonyl (C=O) groups excluding carboxylic acids is 3. The molecular formula is C28H37FN4O3. The lowest BCUT2D eigenvalue weighted by molar-refractivity contribution is -0.118. The molecule has 2 heterocycles. The highest BCUT2D eigenvalue weighted by Crippen LogP contribution is 2.27. The van der Waals surface area contributed by atoms with Crippen molar-refractivity contribution in [2.75, 3.05) is 18.4 Å². The van der Waals surface area contributed by atoms with Crippen molar-refractivity contribution < 1.29 is 18.8 Å². The van der Waals surface area contributed by atoms with Crippen molar-refractivity contribution in [1.82, 2.24) is 14.8 Å². The molecule has 0 bridgehead atoms. The zero-order chi connectivity index (χ0) is 26.0. The number of amides is 2. The van der Waals surface area contributed by atoms with Crippen LogP contribution >= 0.6 is 0 Å². The molecule has 0 atom stereocenters. The van der Waals surface area contributed by atoms with E-state index in [1.165, 1.54) is 44.5 Å². The first-order chi connectivity index (χ1) is 17.2. The van der Waals surface area contributed by atoms with E-state index in [1.54, 1.807) is 38.5 Å². The second kappa shape index (κ2) is 10.9. The van der Waals surface area contributed by atoms with Gasteiger partial charge in [-0.2, -0.15) is 0 Å². The summed E-state index contributed by atoms with van der Waals surface area (Å²) in [4.78, 5) is 41.8. The monoisotopic (exact) mass is 496 g/mol. The number of anilines is 1. The predicted molar refractivity (Wildman–Crippen MR) is 138 cm³/mol. The van der Waals surface area contributed by atoms with Crippen LogP contribution in [0.15, 0.2) is 18.2 Å². The van der Waals surface area contributed by atoms with E-state index >= 15 is 0 Å². The summed E-state index contributed by atoms with van der Waals surface area (Å²) >= 11 is 0. The average molecular weight is 497 g/mol. The zero-order valence-corrected chi connectivity index (χ0v) is 21.7. The summed E-state index contributed by atoms with van der Waals surface area (Å²) in [6, 6.07) is 4.93. The summed E-state index contributed by atoms with van der Waals surface area (Å²) in [7, 11) is 1.69. The number of aromatic nitrogens is 1. The zero-order valence-electron chi connectivity index (χ0n) is 21.7. The highest BCUT2D eigenvalue weighted by Gasteiger charge is 2.32. The molecule has 1 saturated heterocycles. The van der Waals surface area contributed by atoms with Crippen molar-refractivity contribution in [3.63, 3.8) is 0 Å². The molecule has 1 aromatic carbocycles. The van der Waals surface area contributed by atoms with Gasteiger partial charge in [-0.05, 0) is 102 Å². The standard InChI is InChI=1S/C28H37FN4O3/c1-17-16-21(10-13-23(17)29)31-27(35)24-18(2)25(32(4)19(24)3)26(34)28(36)30-20-8-11-22(12-9-20)33-14-6-5-7-15-33/h10,13,16,20,22H,5-9,11-12,14-15H2,1-4H3,(H,30,36)(H,31,35). The van der Waals surface area contributed by atoms with Crippen LogP contribution in [0.5, 0.6) is 0 Å². The van der Waals surface area contributed by atoms with Crippen molar-refractivity contribution in [2.45, 2.75) is 77.8 Å². The normalized spacial score (nSPS) is 20.7. The van der Waals surface area contributed by atoms with Crippen LogP contribution in [0.2, 0.25) is 0 Å². The molecule has 7 nitrogen and oxygen atoms in total. The Morgan fingerprint density at radius 3 is 2.28 bits per heavy atom. The topological polar surface area (TPSA) is 83.4 Å². The number of nitrogens with one attached hydrogen (secondary N) is 2. The van der Waals surface area contributed by atoms with Gasteiger partial charge in [0.15, 0.2) is 0 Å². The van der Waals surface area contributed by atoms with Gasteiger partial charge < -0.3 is 20.1 Å². The van der Waals surface area contributed by atoms with Crippen molar-refractivity contribution in [3.8, 4) is 0 Å². The number of rotatable bonds is 6. The molecule has 2 amide bonds. The Morgan fingerprint density at radius 2 is 1.64 bits per heavy atom. The average Bonchev–Trinajstić information content (AvgIpc) is 3.09. The van der Waals surface area contributed by atoms with E-state index in [4.69, 9.17) is 0 Å². The number of piperidine rings is 1. The quantitative estimate of drug-likeness (QED) is 0.458. The van der Waals surface area contributed by atoms with Crippen molar-refractivity contribution in [3.05, 3.63) is 52.1 Å². The number of likely N-dealkylation sites (tertiary alicyclic amines) is 1. The van der Waals surface area contributed by atoms with Gasteiger partial charge in [0.2, 0.25) is 0 Å². The maximum absolute atomic E-state index is 13.6. The van der Waals surface area contributed by atoms with E-state index in [2.05, 4.69) is 15.5 Å². The third-order valence-corrected chi connectivity index (χ3v) is 7.93. The lowest BCUT2D eigenvalue weighted by Crippen LogP contribution is -2.47. The molecule has 2 N–H and O–H groups in total. The molecule has 8 heteroatoms. The van der Waals surface area contributed by atoms with Crippen LogP contribution in [0.25, 0.3) is 0 Å². The molecule has 194 valence electrons. The molecule has 1 saturated carbocycles. The van der Waals surface area contributed by atoms with Gasteiger partial charge in [-0.1, -0.05) is 6.42 Å². The minimum absolute atomic E-state index is 0.00588. The molecule has 4 rings (SSSR count). The highest BCUT2D eigenvalue weighted by atomic mass is 19.1. The fraction of sp³-hybridized carbons (Fsp3) is 0.536. The van der Waals surface area contributed by atoms with E-state index in [0.29, 0.717) is 34.1 Å². The third kappa shape index (κ3) is 5.38. The highest BCUT2D eigenvalue weighted by molar-refractivity contribution is 6.43. The first-order valence-corrected chi connectivity index (χ1v) is 13.0. The van der Waals surface area contributed by atoms with Crippen LogP contribution in [0.4, 0.5) is 10.1 Å². The summed E-state index contributed by atoms with van der Waals surface area (Å²) in [5.74, 6) is -2.00. The summed E-state index contributed by atoms with van der Waals surface area (Å²) in [5, 5.41) is 5.73. The van der Waals surface area contributed by atoms with Gasteiger partial charge in [0.05, 0.1) is 11.3 Å². The Labute approximate surface area is 212 Å². The molecule has 2 fully saturated rings. The Hall–Kier alpha value is -3.00. The van der Waals surface area contributed by atoms with Crippen molar-refractivity contribution in [1.29, 1.82) is 0 Å². The maximum Gasteiger partial charge on any atom is 0.294 e. The lowest BCUT2D eigenvalue weighted by Gasteiger charge is -2.39. The number of hydrogen-bond acceptors (Lipinski definition) is 4. The van der Waals surface area contributed by atoms with E-state index in [-0.39, 0.29) is 17.6 Å². The Balaban J connectivity index is 1.41. The Bertz CT molecular complexity index is 1160. The molecule has 0 radical (unpaired) electrons. The second-order valence-corrected chi connectivity index (χ2v) is 10.3. The summed E-state index contributed by atoms with van der Waals surface area (Å²) in [5.41, 5.74) is 2.49. The largest absolute Gasteiger partial charge is 0.346 e. The summed E-state index contributed by atoms with van der Waals surface area (Å²) in [6.45, 7) is 7.39. The Morgan fingerprint density at radius 1 is 0.972 bits per heavy atom. The van der Waals surface area contributed by atoms with E-state index in [0.717, 1.165) is 25.7 Å². The van der Waals surface area contributed by atoms with Gasteiger partial charge >= 0.3 is 0 Å². The first-order valence-electron chi connectivity index (χ1n) is 13.0. The van der Waals surface area contributed by atoms with Gasteiger partial charge in [-0.25, -0.2) is 4.39 Å². The van der Waals surface area contributed by atoms with Gasteiger partial charge in [0.1, 0.15) is 5.82 Å². The number of ketones is 1. The minimum atomic E-state index is -0.632. The molecule has 1 aliphatic carbocycles. The Kier molecular flexibility index (Phi) is 7.93. The van der Waals surface area contributed by atoms with Crippen LogP contribution in [0, 0.1) is 26.6 Å². The van der Waals surface area contributed by atoms with Gasteiger partial charge in [0.25, 0.3) is 17.6 Å². The fourth-order valence-electron chi connectivity index (χ4n) is 5.78.